The predicted molar refractivity (Wildman–Crippen MR) is 130 cm³/mol. The van der Waals surface area contributed by atoms with Crippen LogP contribution in [0.5, 0.6) is 0 Å². The van der Waals surface area contributed by atoms with Gasteiger partial charge in [0.1, 0.15) is 0 Å². The summed E-state index contributed by atoms with van der Waals surface area (Å²) in [5.74, 6) is 0.794. The van der Waals surface area contributed by atoms with Gasteiger partial charge in [0.2, 0.25) is 0 Å². The van der Waals surface area contributed by atoms with Gasteiger partial charge in [-0.15, -0.1) is 5.10 Å². The first-order chi connectivity index (χ1) is 16.7. The number of rotatable bonds is 9. The van der Waals surface area contributed by atoms with Gasteiger partial charge in [-0.25, -0.2) is 4.68 Å². The van der Waals surface area contributed by atoms with Gasteiger partial charge in [0.25, 0.3) is 5.56 Å². The molecule has 0 saturated carbocycles. The van der Waals surface area contributed by atoms with Crippen LogP contribution in [0, 0.1) is 6.92 Å². The summed E-state index contributed by atoms with van der Waals surface area (Å²) in [4.78, 5) is 18.2. The second-order valence-electron chi connectivity index (χ2n) is 9.02. The zero-order valence-electron chi connectivity index (χ0n) is 19.5. The van der Waals surface area contributed by atoms with Crippen molar-refractivity contribution in [2.75, 3.05) is 13.2 Å². The van der Waals surface area contributed by atoms with Crippen molar-refractivity contribution in [1.29, 1.82) is 0 Å². The molecule has 34 heavy (non-hydrogen) atoms. The third kappa shape index (κ3) is 5.24. The fourth-order valence-electron chi connectivity index (χ4n) is 4.64. The van der Waals surface area contributed by atoms with Crippen molar-refractivity contribution >= 4 is 10.9 Å². The van der Waals surface area contributed by atoms with E-state index in [1.807, 2.05) is 54.1 Å². The molecule has 0 radical (unpaired) electrons. The minimum absolute atomic E-state index is 0.0530. The number of ether oxygens (including phenoxy) is 1. The maximum absolute atomic E-state index is 12.9. The van der Waals surface area contributed by atoms with Gasteiger partial charge in [-0.1, -0.05) is 48.5 Å². The molecule has 1 saturated heterocycles. The lowest BCUT2D eigenvalue weighted by Crippen LogP contribution is -2.34. The molecule has 8 nitrogen and oxygen atoms in total. The molecule has 1 atom stereocenters. The average Bonchev–Trinajstić information content (AvgIpc) is 3.52. The van der Waals surface area contributed by atoms with Crippen LogP contribution in [0.3, 0.4) is 0 Å². The Bertz CT molecular complexity index is 1290. The highest BCUT2D eigenvalue weighted by atomic mass is 16.5. The molecule has 0 aliphatic carbocycles. The highest BCUT2D eigenvalue weighted by molar-refractivity contribution is 5.81. The second kappa shape index (κ2) is 10.3. The smallest absolute Gasteiger partial charge is 0.252 e. The minimum atomic E-state index is -0.0530. The number of aryl methyl sites for hydroxylation is 3. The number of hydrogen-bond acceptors (Lipinski definition) is 6. The van der Waals surface area contributed by atoms with Crippen molar-refractivity contribution in [3.05, 3.63) is 87.5 Å². The molecule has 176 valence electrons. The standard InChI is InChI=1S/C26H30N6O2/c1-19-7-5-10-21-15-22(26(33)27-25(19)21)16-31(17-23-11-6-14-34-23)18-24-28-29-30-32(24)13-12-20-8-3-2-4-9-20/h2-5,7-10,15,23H,6,11-14,16-18H2,1H3,(H,27,33). The van der Waals surface area contributed by atoms with Gasteiger partial charge in [0.05, 0.1) is 18.2 Å². The molecule has 0 spiro atoms. The van der Waals surface area contributed by atoms with Gasteiger partial charge >= 0.3 is 0 Å². The number of nitrogens with zero attached hydrogens (tertiary/aromatic N) is 5. The van der Waals surface area contributed by atoms with E-state index in [9.17, 15) is 4.79 Å². The zero-order valence-corrected chi connectivity index (χ0v) is 19.5. The summed E-state index contributed by atoms with van der Waals surface area (Å²) in [5.41, 5.74) is 3.89. The van der Waals surface area contributed by atoms with Crippen LogP contribution in [0.15, 0.2) is 59.4 Å². The second-order valence-corrected chi connectivity index (χ2v) is 9.02. The summed E-state index contributed by atoms with van der Waals surface area (Å²) in [6.45, 7) is 5.30. The Morgan fingerprint density at radius 1 is 1.15 bits per heavy atom. The molecule has 4 aromatic rings. The van der Waals surface area contributed by atoms with Gasteiger partial charge in [-0.05, 0) is 59.2 Å². The van der Waals surface area contributed by atoms with Gasteiger partial charge in [0.15, 0.2) is 5.82 Å². The molecule has 0 bridgehead atoms. The van der Waals surface area contributed by atoms with E-state index in [1.54, 1.807) is 0 Å². The van der Waals surface area contributed by atoms with Crippen LogP contribution in [0.4, 0.5) is 0 Å². The number of fused-ring (bicyclic) bond motifs is 1. The maximum atomic E-state index is 12.9. The molecular weight excluding hydrogens is 428 g/mol. The van der Waals surface area contributed by atoms with Crippen LogP contribution in [-0.2, 0) is 30.8 Å². The Morgan fingerprint density at radius 2 is 2.03 bits per heavy atom. The van der Waals surface area contributed by atoms with Gasteiger partial charge in [-0.2, -0.15) is 0 Å². The molecule has 2 aromatic heterocycles. The lowest BCUT2D eigenvalue weighted by molar-refractivity contribution is 0.0663. The molecule has 3 heterocycles. The number of benzene rings is 2. The van der Waals surface area contributed by atoms with E-state index < -0.39 is 0 Å². The third-order valence-electron chi connectivity index (χ3n) is 6.47. The zero-order chi connectivity index (χ0) is 23.3. The third-order valence-corrected chi connectivity index (χ3v) is 6.47. The summed E-state index contributed by atoms with van der Waals surface area (Å²) in [6, 6.07) is 18.4. The molecule has 2 aromatic carbocycles. The number of tetrazole rings is 1. The van der Waals surface area contributed by atoms with E-state index in [0.29, 0.717) is 19.6 Å². The lowest BCUT2D eigenvalue weighted by atomic mass is 10.1. The Hall–Kier alpha value is -3.36. The quantitative estimate of drug-likeness (QED) is 0.414. The lowest BCUT2D eigenvalue weighted by Gasteiger charge is -2.24. The summed E-state index contributed by atoms with van der Waals surface area (Å²) < 4.78 is 7.77. The molecule has 1 fully saturated rings. The van der Waals surface area contributed by atoms with Crippen molar-refractivity contribution in [1.82, 2.24) is 30.1 Å². The Balaban J connectivity index is 1.36. The summed E-state index contributed by atoms with van der Waals surface area (Å²) in [5, 5.41) is 13.5. The van der Waals surface area contributed by atoms with Gasteiger partial charge in [-0.3, -0.25) is 9.69 Å². The molecule has 1 aliphatic rings. The fraction of sp³-hybridized carbons (Fsp3) is 0.385. The minimum Gasteiger partial charge on any atom is -0.377 e. The Labute approximate surface area is 198 Å². The van der Waals surface area contributed by atoms with Gasteiger partial charge < -0.3 is 9.72 Å². The SMILES string of the molecule is Cc1cccc2cc(CN(Cc3nnnn3CCc3ccccc3)CC3CCCO3)c(=O)[nH]c12. The first kappa shape index (κ1) is 22.4. The van der Waals surface area contributed by atoms with Crippen LogP contribution in [-0.4, -0.2) is 49.3 Å². The van der Waals surface area contributed by atoms with E-state index in [-0.39, 0.29) is 11.7 Å². The number of H-pyrrole nitrogens is 1. The normalized spacial score (nSPS) is 16.0. The van der Waals surface area contributed by atoms with Crippen molar-refractivity contribution < 1.29 is 4.74 Å². The van der Waals surface area contributed by atoms with Crippen LogP contribution >= 0.6 is 0 Å². The van der Waals surface area contributed by atoms with E-state index in [4.69, 9.17) is 4.74 Å². The number of aromatic amines is 1. The van der Waals surface area contributed by atoms with Crippen LogP contribution < -0.4 is 5.56 Å². The largest absolute Gasteiger partial charge is 0.377 e. The highest BCUT2D eigenvalue weighted by Crippen LogP contribution is 2.19. The van der Waals surface area contributed by atoms with Crippen LogP contribution in [0.1, 0.15) is 35.4 Å². The van der Waals surface area contributed by atoms with E-state index in [2.05, 4.69) is 37.5 Å². The molecule has 8 heteroatoms. The number of para-hydroxylation sites is 1. The van der Waals surface area contributed by atoms with Crippen molar-refractivity contribution in [2.45, 2.75) is 51.9 Å². The van der Waals surface area contributed by atoms with Gasteiger partial charge in [0, 0.05) is 31.8 Å². The highest BCUT2D eigenvalue weighted by Gasteiger charge is 2.22. The number of aromatic nitrogens is 5. The number of hydrogen-bond donors (Lipinski definition) is 1. The Morgan fingerprint density at radius 3 is 2.85 bits per heavy atom. The average molecular weight is 459 g/mol. The molecule has 1 unspecified atom stereocenters. The van der Waals surface area contributed by atoms with E-state index in [1.165, 1.54) is 5.56 Å². The maximum Gasteiger partial charge on any atom is 0.252 e. The topological polar surface area (TPSA) is 88.9 Å². The molecule has 0 amide bonds. The Kier molecular flexibility index (Phi) is 6.78. The fourth-order valence-corrected chi connectivity index (χ4v) is 4.64. The molecule has 5 rings (SSSR count). The predicted octanol–water partition coefficient (Wildman–Crippen LogP) is 3.25. The van der Waals surface area contributed by atoms with Crippen molar-refractivity contribution in [2.24, 2.45) is 0 Å². The molecule has 1 aliphatic heterocycles. The summed E-state index contributed by atoms with van der Waals surface area (Å²) in [6.07, 6.45) is 3.12. The van der Waals surface area contributed by atoms with Crippen molar-refractivity contribution in [3.63, 3.8) is 0 Å². The van der Waals surface area contributed by atoms with Crippen molar-refractivity contribution in [3.8, 4) is 0 Å². The summed E-state index contributed by atoms with van der Waals surface area (Å²) >= 11 is 0. The number of pyridine rings is 1. The van der Waals surface area contributed by atoms with Crippen LogP contribution in [0.25, 0.3) is 10.9 Å². The number of nitrogens with one attached hydrogen (secondary N) is 1. The molecule has 1 N–H and O–H groups in total. The first-order valence-electron chi connectivity index (χ1n) is 11.9. The van der Waals surface area contributed by atoms with E-state index in [0.717, 1.165) is 60.3 Å². The van der Waals surface area contributed by atoms with E-state index >= 15 is 0 Å². The van der Waals surface area contributed by atoms with Crippen LogP contribution in [0.2, 0.25) is 0 Å². The monoisotopic (exact) mass is 458 g/mol. The summed E-state index contributed by atoms with van der Waals surface area (Å²) in [7, 11) is 0. The first-order valence-corrected chi connectivity index (χ1v) is 11.9. The molecular formula is C26H30N6O2.